The summed E-state index contributed by atoms with van der Waals surface area (Å²) in [6, 6.07) is 0. The Kier molecular flexibility index (Phi) is 8.13. The van der Waals surface area contributed by atoms with Crippen LogP contribution in [0, 0.1) is 5.92 Å². The van der Waals surface area contributed by atoms with E-state index in [1.807, 2.05) is 13.8 Å². The second-order valence-electron chi connectivity index (χ2n) is 7.53. The van der Waals surface area contributed by atoms with Crippen molar-refractivity contribution in [3.8, 4) is 0 Å². The lowest BCUT2D eigenvalue weighted by atomic mass is 9.86. The first kappa shape index (κ1) is 21.3. The quantitative estimate of drug-likeness (QED) is 0.689. The zero-order valence-electron chi connectivity index (χ0n) is 16.8. The fourth-order valence-corrected chi connectivity index (χ4v) is 3.99. The molecule has 0 spiro atoms. The first-order valence-electron chi connectivity index (χ1n) is 10.4. The normalized spacial score (nSPS) is 15.0. The van der Waals surface area contributed by atoms with Crippen molar-refractivity contribution in [1.82, 2.24) is 9.55 Å². The number of rotatable bonds is 9. The van der Waals surface area contributed by atoms with E-state index >= 15 is 0 Å². The molecule has 7 heteroatoms. The molecule has 7 nitrogen and oxygen atoms in total. The Morgan fingerprint density at radius 1 is 1.19 bits per heavy atom. The highest BCUT2D eigenvalue weighted by molar-refractivity contribution is 5.95. The molecular weight excluding hydrogens is 344 g/mol. The largest absolute Gasteiger partial charge is 0.383 e. The zero-order valence-corrected chi connectivity index (χ0v) is 16.8. The lowest BCUT2D eigenvalue weighted by Gasteiger charge is -2.24. The number of H-pyrrole nitrogens is 1. The molecule has 1 saturated carbocycles. The summed E-state index contributed by atoms with van der Waals surface area (Å²) in [5.74, 6) is 0.705. The summed E-state index contributed by atoms with van der Waals surface area (Å²) in [5, 5.41) is 0. The Balaban J connectivity index is 2.11. The van der Waals surface area contributed by atoms with E-state index in [1.165, 1.54) is 41.6 Å². The Morgan fingerprint density at radius 3 is 2.52 bits per heavy atom. The van der Waals surface area contributed by atoms with Crippen molar-refractivity contribution in [1.29, 1.82) is 0 Å². The average Bonchev–Trinajstić information content (AvgIpc) is 2.65. The second kappa shape index (κ2) is 10.3. The molecule has 0 unspecified atom stereocenters. The molecule has 1 aromatic heterocycles. The van der Waals surface area contributed by atoms with Gasteiger partial charge in [-0.2, -0.15) is 0 Å². The predicted molar refractivity (Wildman–Crippen MR) is 109 cm³/mol. The fourth-order valence-electron chi connectivity index (χ4n) is 3.99. The van der Waals surface area contributed by atoms with Crippen molar-refractivity contribution in [3.63, 3.8) is 0 Å². The molecule has 0 aromatic carbocycles. The predicted octanol–water partition coefficient (Wildman–Crippen LogP) is 3.02. The number of amides is 1. The van der Waals surface area contributed by atoms with Crippen LogP contribution in [0.2, 0.25) is 0 Å². The Labute approximate surface area is 160 Å². The molecule has 0 aliphatic heterocycles. The van der Waals surface area contributed by atoms with Gasteiger partial charge in [-0.05, 0) is 32.1 Å². The minimum atomic E-state index is -0.590. The van der Waals surface area contributed by atoms with Crippen molar-refractivity contribution in [2.24, 2.45) is 5.92 Å². The maximum Gasteiger partial charge on any atom is 0.330 e. The van der Waals surface area contributed by atoms with E-state index in [2.05, 4.69) is 4.98 Å². The van der Waals surface area contributed by atoms with Gasteiger partial charge in [0.1, 0.15) is 5.82 Å². The Morgan fingerprint density at radius 2 is 1.89 bits per heavy atom. The molecule has 0 atom stereocenters. The van der Waals surface area contributed by atoms with E-state index in [9.17, 15) is 14.4 Å². The number of aromatic nitrogens is 2. The number of nitrogens with one attached hydrogen (secondary N) is 1. The summed E-state index contributed by atoms with van der Waals surface area (Å²) in [6.07, 6.45) is 10.4. The summed E-state index contributed by atoms with van der Waals surface area (Å²) in [4.78, 5) is 40.9. The maximum atomic E-state index is 12.8. The highest BCUT2D eigenvalue weighted by atomic mass is 16.2. The van der Waals surface area contributed by atoms with Gasteiger partial charge in [0.2, 0.25) is 5.91 Å². The number of hydrogen-bond donors (Lipinski definition) is 2. The number of nitrogens with zero attached hydrogens (tertiary/aromatic N) is 2. The van der Waals surface area contributed by atoms with Crippen LogP contribution in [0.5, 0.6) is 0 Å². The van der Waals surface area contributed by atoms with Gasteiger partial charge in [0, 0.05) is 19.5 Å². The van der Waals surface area contributed by atoms with Crippen LogP contribution in [0.1, 0.15) is 78.1 Å². The van der Waals surface area contributed by atoms with Crippen molar-refractivity contribution in [3.05, 3.63) is 20.8 Å². The smallest absolute Gasteiger partial charge is 0.330 e. The van der Waals surface area contributed by atoms with Crippen molar-refractivity contribution in [2.75, 3.05) is 17.2 Å². The summed E-state index contributed by atoms with van der Waals surface area (Å²) in [6.45, 7) is 4.61. The summed E-state index contributed by atoms with van der Waals surface area (Å²) < 4.78 is 1.36. The molecular formula is C20H34N4O3. The van der Waals surface area contributed by atoms with E-state index in [0.717, 1.165) is 31.6 Å². The molecule has 1 heterocycles. The molecule has 0 saturated heterocycles. The number of nitrogen functional groups attached to an aromatic ring is 1. The lowest BCUT2D eigenvalue weighted by molar-refractivity contribution is -0.118. The van der Waals surface area contributed by atoms with Crippen LogP contribution in [0.4, 0.5) is 11.5 Å². The van der Waals surface area contributed by atoms with E-state index in [4.69, 9.17) is 5.73 Å². The van der Waals surface area contributed by atoms with E-state index in [-0.39, 0.29) is 17.4 Å². The number of carbonyl (C=O) groups excluding carboxylic acids is 1. The molecule has 1 aliphatic carbocycles. The molecule has 152 valence electrons. The summed E-state index contributed by atoms with van der Waals surface area (Å²) in [7, 11) is 0. The van der Waals surface area contributed by atoms with Gasteiger partial charge < -0.3 is 10.6 Å². The number of carbonyl (C=O) groups is 1. The van der Waals surface area contributed by atoms with Gasteiger partial charge in [0.15, 0.2) is 5.69 Å². The molecule has 1 amide bonds. The molecule has 1 fully saturated rings. The third-order valence-corrected chi connectivity index (χ3v) is 5.56. The fraction of sp³-hybridized carbons (Fsp3) is 0.750. The van der Waals surface area contributed by atoms with Crippen LogP contribution in [-0.2, 0) is 11.3 Å². The number of nitrogens with two attached hydrogens (primary N) is 1. The van der Waals surface area contributed by atoms with Gasteiger partial charge in [0.05, 0.1) is 0 Å². The zero-order chi connectivity index (χ0) is 19.8. The van der Waals surface area contributed by atoms with Gasteiger partial charge >= 0.3 is 5.69 Å². The maximum absolute atomic E-state index is 12.8. The van der Waals surface area contributed by atoms with Gasteiger partial charge in [0.25, 0.3) is 5.56 Å². The van der Waals surface area contributed by atoms with Crippen molar-refractivity contribution in [2.45, 2.75) is 84.6 Å². The number of unbranched alkanes of at least 4 members (excludes halogenated alkanes) is 1. The first-order chi connectivity index (χ1) is 13.0. The van der Waals surface area contributed by atoms with Gasteiger partial charge in [-0.15, -0.1) is 0 Å². The third-order valence-electron chi connectivity index (χ3n) is 5.56. The topological polar surface area (TPSA) is 101 Å². The molecule has 2 rings (SSSR count). The molecule has 0 bridgehead atoms. The molecule has 3 N–H and O–H groups in total. The molecule has 1 aromatic rings. The van der Waals surface area contributed by atoms with Gasteiger partial charge in [-0.1, -0.05) is 45.4 Å². The first-order valence-corrected chi connectivity index (χ1v) is 10.4. The number of hydrogen-bond acceptors (Lipinski definition) is 4. The second-order valence-corrected chi connectivity index (χ2v) is 7.53. The van der Waals surface area contributed by atoms with Crippen LogP contribution in [0.25, 0.3) is 0 Å². The number of aromatic amines is 1. The van der Waals surface area contributed by atoms with Crippen LogP contribution in [0.3, 0.4) is 0 Å². The van der Waals surface area contributed by atoms with Crippen LogP contribution < -0.4 is 21.9 Å². The van der Waals surface area contributed by atoms with E-state index in [0.29, 0.717) is 19.5 Å². The molecule has 1 aliphatic rings. The van der Waals surface area contributed by atoms with Crippen LogP contribution in [-0.4, -0.2) is 22.0 Å². The average molecular weight is 379 g/mol. The van der Waals surface area contributed by atoms with Crippen molar-refractivity contribution < 1.29 is 4.79 Å². The van der Waals surface area contributed by atoms with Crippen LogP contribution >= 0.6 is 0 Å². The highest BCUT2D eigenvalue weighted by Crippen LogP contribution is 2.28. The minimum absolute atomic E-state index is 0.0830. The van der Waals surface area contributed by atoms with Gasteiger partial charge in [-0.3, -0.25) is 19.1 Å². The van der Waals surface area contributed by atoms with Gasteiger partial charge in [-0.25, -0.2) is 4.79 Å². The van der Waals surface area contributed by atoms with E-state index in [1.54, 1.807) is 0 Å². The highest BCUT2D eigenvalue weighted by Gasteiger charge is 2.23. The van der Waals surface area contributed by atoms with E-state index < -0.39 is 11.2 Å². The standard InChI is InChI=1S/C20H34N4O3/c1-3-5-14-24-18(21)17(19(26)22-20(24)27)23(4-2)16(25)13-9-12-15-10-7-6-8-11-15/h15H,3-14,21H2,1-2H3,(H,22,26,27). The molecule has 0 radical (unpaired) electrons. The lowest BCUT2D eigenvalue weighted by Crippen LogP contribution is -2.41. The monoisotopic (exact) mass is 378 g/mol. The van der Waals surface area contributed by atoms with Crippen LogP contribution in [0.15, 0.2) is 9.59 Å². The summed E-state index contributed by atoms with van der Waals surface area (Å²) in [5.41, 5.74) is 5.13. The Bertz CT molecular complexity index is 732. The third kappa shape index (κ3) is 5.47. The van der Waals surface area contributed by atoms with Crippen molar-refractivity contribution >= 4 is 17.4 Å². The number of anilines is 2. The Hall–Kier alpha value is -2.05. The summed E-state index contributed by atoms with van der Waals surface area (Å²) >= 11 is 0. The SMILES string of the molecule is CCCCn1c(N)c(N(CC)C(=O)CCCC2CCCCC2)c(=O)[nH]c1=O. The molecule has 27 heavy (non-hydrogen) atoms. The minimum Gasteiger partial charge on any atom is -0.383 e.